The van der Waals surface area contributed by atoms with Gasteiger partial charge < -0.3 is 10.1 Å². The first-order valence-corrected chi connectivity index (χ1v) is 6.15. The fourth-order valence-electron chi connectivity index (χ4n) is 1.74. The van der Waals surface area contributed by atoms with E-state index in [2.05, 4.69) is 10.1 Å². The Morgan fingerprint density at radius 2 is 2.17 bits per heavy atom. The Morgan fingerprint density at radius 3 is 2.78 bits per heavy atom. The number of carbonyl (C=O) groups excluding carboxylic acids is 2. The van der Waals surface area contributed by atoms with Gasteiger partial charge in [0, 0.05) is 10.7 Å². The number of methoxy groups -OCH3 is 1. The van der Waals surface area contributed by atoms with Crippen LogP contribution in [-0.2, 0) is 20.7 Å². The van der Waals surface area contributed by atoms with Crippen LogP contribution in [0.25, 0.3) is 0 Å². The predicted molar refractivity (Wildman–Crippen MR) is 68.5 cm³/mol. The number of nitrogens with one attached hydrogen (secondary N) is 1. The van der Waals surface area contributed by atoms with Crippen LogP contribution in [0.3, 0.4) is 0 Å². The Labute approximate surface area is 110 Å². The second-order valence-electron chi connectivity index (χ2n) is 4.39. The average Bonchev–Trinajstić information content (AvgIpc) is 3.15. The SMILES string of the molecule is COC(=O)C(=O)Nc1cc(Cl)ccc1CC1CC1. The fraction of sp³-hybridized carbons (Fsp3) is 0.385. The number of carbonyl (C=O) groups is 2. The Balaban J connectivity index is 2.15. The average molecular weight is 268 g/mol. The molecule has 2 rings (SSSR count). The van der Waals surface area contributed by atoms with Gasteiger partial charge in [0.1, 0.15) is 0 Å². The van der Waals surface area contributed by atoms with Crippen molar-refractivity contribution in [2.75, 3.05) is 12.4 Å². The van der Waals surface area contributed by atoms with Crippen molar-refractivity contribution < 1.29 is 14.3 Å². The summed E-state index contributed by atoms with van der Waals surface area (Å²) in [6, 6.07) is 5.32. The lowest BCUT2D eigenvalue weighted by atomic mass is 10.1. The van der Waals surface area contributed by atoms with Crippen LogP contribution < -0.4 is 5.32 Å². The molecule has 1 aromatic rings. The molecule has 0 bridgehead atoms. The van der Waals surface area contributed by atoms with Gasteiger partial charge in [-0.05, 0) is 42.9 Å². The minimum absolute atomic E-state index is 0.523. The number of hydrogen-bond donors (Lipinski definition) is 1. The lowest BCUT2D eigenvalue weighted by Crippen LogP contribution is -2.24. The third kappa shape index (κ3) is 3.23. The van der Waals surface area contributed by atoms with Gasteiger partial charge in [-0.15, -0.1) is 0 Å². The summed E-state index contributed by atoms with van der Waals surface area (Å²) in [5.41, 5.74) is 1.59. The van der Waals surface area contributed by atoms with Crippen molar-refractivity contribution in [1.82, 2.24) is 0 Å². The molecule has 18 heavy (non-hydrogen) atoms. The summed E-state index contributed by atoms with van der Waals surface area (Å²) in [6.45, 7) is 0. The number of hydrogen-bond acceptors (Lipinski definition) is 3. The van der Waals surface area contributed by atoms with Gasteiger partial charge in [0.05, 0.1) is 7.11 Å². The van der Waals surface area contributed by atoms with E-state index in [1.165, 1.54) is 20.0 Å². The van der Waals surface area contributed by atoms with Gasteiger partial charge >= 0.3 is 11.9 Å². The standard InChI is InChI=1S/C13H14ClNO3/c1-18-13(17)12(16)15-11-7-10(14)5-4-9(11)6-8-2-3-8/h4-5,7-8H,2-3,6H2,1H3,(H,15,16). The number of anilines is 1. The summed E-state index contributed by atoms with van der Waals surface area (Å²) < 4.78 is 4.36. The van der Waals surface area contributed by atoms with Crippen LogP contribution in [0.1, 0.15) is 18.4 Å². The van der Waals surface area contributed by atoms with E-state index in [9.17, 15) is 9.59 Å². The maximum absolute atomic E-state index is 11.5. The van der Waals surface area contributed by atoms with Crippen molar-refractivity contribution in [2.45, 2.75) is 19.3 Å². The summed E-state index contributed by atoms with van der Waals surface area (Å²) in [6.07, 6.45) is 3.33. The van der Waals surface area contributed by atoms with Crippen molar-refractivity contribution in [2.24, 2.45) is 5.92 Å². The first-order chi connectivity index (χ1) is 8.60. The third-order valence-electron chi connectivity index (χ3n) is 2.90. The van der Waals surface area contributed by atoms with Gasteiger partial charge in [-0.3, -0.25) is 4.79 Å². The first-order valence-electron chi connectivity index (χ1n) is 5.78. The minimum Gasteiger partial charge on any atom is -0.462 e. The molecule has 0 atom stereocenters. The molecule has 4 nitrogen and oxygen atoms in total. The van der Waals surface area contributed by atoms with Crippen LogP contribution in [0.15, 0.2) is 18.2 Å². The molecule has 0 saturated heterocycles. The van der Waals surface area contributed by atoms with E-state index < -0.39 is 11.9 Å². The van der Waals surface area contributed by atoms with Gasteiger partial charge in [0.15, 0.2) is 0 Å². The molecule has 0 radical (unpaired) electrons. The van der Waals surface area contributed by atoms with Gasteiger partial charge in [0.25, 0.3) is 0 Å². The van der Waals surface area contributed by atoms with E-state index in [-0.39, 0.29) is 0 Å². The zero-order chi connectivity index (χ0) is 13.1. The normalized spacial score (nSPS) is 14.1. The Bertz CT molecular complexity index is 483. The molecule has 1 aliphatic carbocycles. The smallest absolute Gasteiger partial charge is 0.396 e. The monoisotopic (exact) mass is 267 g/mol. The number of ether oxygens (including phenoxy) is 1. The van der Waals surface area contributed by atoms with Crippen molar-refractivity contribution in [3.63, 3.8) is 0 Å². The Morgan fingerprint density at radius 1 is 1.44 bits per heavy atom. The molecule has 96 valence electrons. The first kappa shape index (κ1) is 12.9. The lowest BCUT2D eigenvalue weighted by molar-refractivity contribution is -0.150. The van der Waals surface area contributed by atoms with Gasteiger partial charge in [-0.1, -0.05) is 17.7 Å². The zero-order valence-corrected chi connectivity index (χ0v) is 10.8. The Hall–Kier alpha value is -1.55. The van der Waals surface area contributed by atoms with E-state index in [0.717, 1.165) is 12.0 Å². The molecule has 1 saturated carbocycles. The maximum atomic E-state index is 11.5. The molecule has 0 aromatic heterocycles. The molecule has 1 N–H and O–H groups in total. The van der Waals surface area contributed by atoms with Gasteiger partial charge in [-0.25, -0.2) is 4.79 Å². The van der Waals surface area contributed by atoms with Crippen molar-refractivity contribution in [1.29, 1.82) is 0 Å². The molecule has 0 heterocycles. The number of rotatable bonds is 3. The quantitative estimate of drug-likeness (QED) is 0.676. The van der Waals surface area contributed by atoms with E-state index in [1.54, 1.807) is 12.1 Å². The van der Waals surface area contributed by atoms with Gasteiger partial charge in [0.2, 0.25) is 0 Å². The molecule has 0 aliphatic heterocycles. The lowest BCUT2D eigenvalue weighted by Gasteiger charge is -2.10. The molecular weight excluding hydrogens is 254 g/mol. The summed E-state index contributed by atoms with van der Waals surface area (Å²) in [5, 5.41) is 3.06. The molecule has 1 aromatic carbocycles. The molecule has 1 amide bonds. The highest BCUT2D eigenvalue weighted by atomic mass is 35.5. The van der Waals surface area contributed by atoms with Crippen LogP contribution in [-0.4, -0.2) is 19.0 Å². The van der Waals surface area contributed by atoms with Crippen LogP contribution in [0.2, 0.25) is 5.02 Å². The molecule has 0 unspecified atom stereocenters. The summed E-state index contributed by atoms with van der Waals surface area (Å²) in [7, 11) is 1.17. The highest BCUT2D eigenvalue weighted by molar-refractivity contribution is 6.37. The van der Waals surface area contributed by atoms with E-state index >= 15 is 0 Å². The van der Waals surface area contributed by atoms with Crippen molar-refractivity contribution in [3.8, 4) is 0 Å². The van der Waals surface area contributed by atoms with Gasteiger partial charge in [-0.2, -0.15) is 0 Å². The maximum Gasteiger partial charge on any atom is 0.396 e. The van der Waals surface area contributed by atoms with E-state index in [0.29, 0.717) is 16.6 Å². The van der Waals surface area contributed by atoms with Crippen molar-refractivity contribution in [3.05, 3.63) is 28.8 Å². The number of esters is 1. The molecule has 0 spiro atoms. The fourth-order valence-corrected chi connectivity index (χ4v) is 1.91. The second kappa shape index (κ2) is 5.40. The number of benzene rings is 1. The Kier molecular flexibility index (Phi) is 3.87. The largest absolute Gasteiger partial charge is 0.462 e. The predicted octanol–water partition coefficient (Wildman–Crippen LogP) is 2.40. The molecule has 1 fully saturated rings. The van der Waals surface area contributed by atoms with Crippen LogP contribution >= 0.6 is 11.6 Å². The highest BCUT2D eigenvalue weighted by Gasteiger charge is 2.24. The van der Waals surface area contributed by atoms with Crippen LogP contribution in [0.5, 0.6) is 0 Å². The molecular formula is C13H14ClNO3. The summed E-state index contributed by atoms with van der Waals surface area (Å²) in [5.74, 6) is -1.01. The topological polar surface area (TPSA) is 55.4 Å². The zero-order valence-electron chi connectivity index (χ0n) is 10.0. The summed E-state index contributed by atoms with van der Waals surface area (Å²) >= 11 is 5.90. The van der Waals surface area contributed by atoms with E-state index in [4.69, 9.17) is 11.6 Å². The minimum atomic E-state index is -0.910. The number of amides is 1. The molecule has 5 heteroatoms. The van der Waals surface area contributed by atoms with Crippen LogP contribution in [0.4, 0.5) is 5.69 Å². The third-order valence-corrected chi connectivity index (χ3v) is 3.13. The van der Waals surface area contributed by atoms with Crippen molar-refractivity contribution >= 4 is 29.2 Å². The number of halogens is 1. The highest BCUT2D eigenvalue weighted by Crippen LogP contribution is 2.35. The molecule has 1 aliphatic rings. The second-order valence-corrected chi connectivity index (χ2v) is 4.83. The van der Waals surface area contributed by atoms with Crippen LogP contribution in [0, 0.1) is 5.92 Å². The summed E-state index contributed by atoms with van der Waals surface area (Å²) in [4.78, 5) is 22.6. The van der Waals surface area contributed by atoms with E-state index in [1.807, 2.05) is 6.07 Å².